The van der Waals surface area contributed by atoms with Crippen molar-refractivity contribution in [3.8, 4) is 11.5 Å². The van der Waals surface area contributed by atoms with Crippen LogP contribution in [0.1, 0.15) is 33.3 Å². The summed E-state index contributed by atoms with van der Waals surface area (Å²) in [6.45, 7) is 1.50. The Bertz CT molecular complexity index is 1030. The summed E-state index contributed by atoms with van der Waals surface area (Å²) < 4.78 is 12.3. The number of benzene rings is 1. The molecule has 6 heteroatoms. The van der Waals surface area contributed by atoms with Gasteiger partial charge in [-0.1, -0.05) is 0 Å². The molecule has 140 valence electrons. The molecule has 2 aromatic heterocycles. The number of methoxy groups -OCH3 is 2. The number of ether oxygens (including phenoxy) is 2. The third-order valence-corrected chi connectivity index (χ3v) is 4.53. The molecule has 0 saturated carbocycles. The first-order valence-electron chi connectivity index (χ1n) is 8.47. The van der Waals surface area contributed by atoms with Gasteiger partial charge in [-0.15, -0.1) is 0 Å². The Kier molecular flexibility index (Phi) is 4.90. The number of hydrogen-bond donors (Lipinski definition) is 0. The van der Waals surface area contributed by atoms with E-state index in [4.69, 9.17) is 9.47 Å². The van der Waals surface area contributed by atoms with Crippen LogP contribution in [0.25, 0.3) is 5.52 Å². The van der Waals surface area contributed by atoms with Crippen molar-refractivity contribution in [2.75, 3.05) is 33.2 Å². The van der Waals surface area contributed by atoms with Crippen molar-refractivity contribution < 1.29 is 19.1 Å². The Balaban J connectivity index is 2.16. The minimum absolute atomic E-state index is 0.0882. The molecule has 0 amide bonds. The summed E-state index contributed by atoms with van der Waals surface area (Å²) in [5, 5.41) is 0. The Morgan fingerprint density at radius 2 is 1.67 bits per heavy atom. The second-order valence-electron chi connectivity index (χ2n) is 6.43. The third kappa shape index (κ3) is 3.26. The second kappa shape index (κ2) is 7.15. The highest BCUT2D eigenvalue weighted by molar-refractivity contribution is 6.12. The average Bonchev–Trinajstić information content (AvgIpc) is 3.05. The van der Waals surface area contributed by atoms with Crippen LogP contribution in [0.4, 0.5) is 5.69 Å². The van der Waals surface area contributed by atoms with Crippen molar-refractivity contribution in [2.45, 2.75) is 6.92 Å². The van der Waals surface area contributed by atoms with E-state index in [9.17, 15) is 9.59 Å². The summed E-state index contributed by atoms with van der Waals surface area (Å²) in [5.74, 6) is 0.742. The molecule has 1 aromatic carbocycles. The molecule has 27 heavy (non-hydrogen) atoms. The van der Waals surface area contributed by atoms with Crippen molar-refractivity contribution in [1.82, 2.24) is 4.40 Å². The monoisotopic (exact) mass is 366 g/mol. The van der Waals surface area contributed by atoms with E-state index in [-0.39, 0.29) is 11.6 Å². The predicted octanol–water partition coefficient (Wildman–Crippen LogP) is 3.46. The number of Topliss-reactive ketones (excluding diaryl/α,β-unsaturated/α-hetero) is 1. The van der Waals surface area contributed by atoms with Crippen LogP contribution in [0.5, 0.6) is 11.5 Å². The van der Waals surface area contributed by atoms with Crippen LogP contribution >= 0.6 is 0 Å². The van der Waals surface area contributed by atoms with Gasteiger partial charge in [0.15, 0.2) is 17.3 Å². The molecule has 0 aliphatic heterocycles. The first-order valence-corrected chi connectivity index (χ1v) is 8.47. The Morgan fingerprint density at radius 1 is 0.963 bits per heavy atom. The van der Waals surface area contributed by atoms with Crippen LogP contribution in [0.3, 0.4) is 0 Å². The SMILES string of the molecule is COc1ccc(C(=O)c2cc(C(C)=O)c3cc(N(C)C)ccn23)cc1OC. The molecule has 3 aromatic rings. The highest BCUT2D eigenvalue weighted by atomic mass is 16.5. The highest BCUT2D eigenvalue weighted by Gasteiger charge is 2.20. The van der Waals surface area contributed by atoms with Crippen molar-refractivity contribution in [3.05, 3.63) is 59.4 Å². The number of pyridine rings is 1. The largest absolute Gasteiger partial charge is 0.493 e. The van der Waals surface area contributed by atoms with Crippen molar-refractivity contribution in [2.24, 2.45) is 0 Å². The van der Waals surface area contributed by atoms with Gasteiger partial charge in [0.2, 0.25) is 5.78 Å². The van der Waals surface area contributed by atoms with E-state index in [1.807, 2.05) is 37.3 Å². The number of aromatic nitrogens is 1. The number of carbonyl (C=O) groups is 2. The summed E-state index contributed by atoms with van der Waals surface area (Å²) in [6, 6.07) is 10.5. The lowest BCUT2D eigenvalue weighted by Gasteiger charge is -2.13. The molecule has 0 saturated heterocycles. The summed E-state index contributed by atoms with van der Waals surface area (Å²) in [5.41, 5.74) is 3.06. The van der Waals surface area contributed by atoms with Gasteiger partial charge >= 0.3 is 0 Å². The number of carbonyl (C=O) groups excluding carboxylic acids is 2. The zero-order chi connectivity index (χ0) is 19.7. The van der Waals surface area contributed by atoms with Crippen molar-refractivity contribution in [1.29, 1.82) is 0 Å². The van der Waals surface area contributed by atoms with Gasteiger partial charge in [0.1, 0.15) is 0 Å². The van der Waals surface area contributed by atoms with Crippen LogP contribution in [-0.4, -0.2) is 44.3 Å². The first kappa shape index (κ1) is 18.5. The highest BCUT2D eigenvalue weighted by Crippen LogP contribution is 2.30. The van der Waals surface area contributed by atoms with Crippen LogP contribution < -0.4 is 14.4 Å². The second-order valence-corrected chi connectivity index (χ2v) is 6.43. The molecule has 6 nitrogen and oxygen atoms in total. The van der Waals surface area contributed by atoms with E-state index in [1.165, 1.54) is 14.0 Å². The molecule has 3 rings (SSSR count). The Morgan fingerprint density at radius 3 is 2.26 bits per heavy atom. The zero-order valence-electron chi connectivity index (χ0n) is 16.1. The quantitative estimate of drug-likeness (QED) is 0.625. The number of hydrogen-bond acceptors (Lipinski definition) is 5. The topological polar surface area (TPSA) is 60.3 Å². The molecule has 0 aliphatic rings. The van der Waals surface area contributed by atoms with Crippen LogP contribution in [0, 0.1) is 0 Å². The molecular formula is C21H22N2O4. The average molecular weight is 366 g/mol. The first-order chi connectivity index (χ1) is 12.9. The maximum atomic E-state index is 13.1. The molecular weight excluding hydrogens is 344 g/mol. The normalized spacial score (nSPS) is 10.7. The predicted molar refractivity (Wildman–Crippen MR) is 105 cm³/mol. The molecule has 0 aliphatic carbocycles. The molecule has 0 atom stereocenters. The lowest BCUT2D eigenvalue weighted by Crippen LogP contribution is -2.10. The summed E-state index contributed by atoms with van der Waals surface area (Å²) >= 11 is 0. The number of rotatable bonds is 6. The van der Waals surface area contributed by atoms with Crippen molar-refractivity contribution in [3.63, 3.8) is 0 Å². The van der Waals surface area contributed by atoms with Gasteiger partial charge in [-0.25, -0.2) is 0 Å². The lowest BCUT2D eigenvalue weighted by atomic mass is 10.1. The number of fused-ring (bicyclic) bond motifs is 1. The molecule has 0 fully saturated rings. The molecule has 2 heterocycles. The van der Waals surface area contributed by atoms with Gasteiger partial charge in [0.05, 0.1) is 25.4 Å². The van der Waals surface area contributed by atoms with E-state index in [0.29, 0.717) is 33.8 Å². The van der Waals surface area contributed by atoms with Gasteiger partial charge in [0.25, 0.3) is 0 Å². The van der Waals surface area contributed by atoms with Crippen LogP contribution in [0.2, 0.25) is 0 Å². The Labute approximate surface area is 157 Å². The van der Waals surface area contributed by atoms with Crippen molar-refractivity contribution >= 4 is 22.8 Å². The van der Waals surface area contributed by atoms with Gasteiger partial charge < -0.3 is 18.8 Å². The maximum absolute atomic E-state index is 13.1. The van der Waals surface area contributed by atoms with Gasteiger partial charge in [-0.3, -0.25) is 9.59 Å². The third-order valence-electron chi connectivity index (χ3n) is 4.53. The maximum Gasteiger partial charge on any atom is 0.209 e. The fraction of sp³-hybridized carbons (Fsp3) is 0.238. The number of ketones is 2. The molecule has 0 unspecified atom stereocenters. The fourth-order valence-corrected chi connectivity index (χ4v) is 3.05. The summed E-state index contributed by atoms with van der Waals surface area (Å²) in [4.78, 5) is 27.2. The molecule has 0 bridgehead atoms. The van der Waals surface area contributed by atoms with Crippen LogP contribution in [-0.2, 0) is 0 Å². The standard InChI is InChI=1S/C21H22N2O4/c1-13(24)16-12-18(23-9-8-15(22(2)3)11-17(16)23)21(25)14-6-7-19(26-4)20(10-14)27-5/h6-12H,1-5H3. The summed E-state index contributed by atoms with van der Waals surface area (Å²) in [7, 11) is 6.92. The van der Waals surface area contributed by atoms with E-state index in [0.717, 1.165) is 5.69 Å². The minimum atomic E-state index is -0.198. The molecule has 0 N–H and O–H groups in total. The van der Waals surface area contributed by atoms with Gasteiger partial charge in [0, 0.05) is 37.1 Å². The smallest absolute Gasteiger partial charge is 0.209 e. The lowest BCUT2D eigenvalue weighted by molar-refractivity contribution is 0.101. The molecule has 0 radical (unpaired) electrons. The van der Waals surface area contributed by atoms with Crippen LogP contribution in [0.15, 0.2) is 42.6 Å². The van der Waals surface area contributed by atoms with E-state index < -0.39 is 0 Å². The number of anilines is 1. The van der Waals surface area contributed by atoms with E-state index in [2.05, 4.69) is 0 Å². The van der Waals surface area contributed by atoms with E-state index >= 15 is 0 Å². The Hall–Kier alpha value is -3.28. The number of nitrogens with zero attached hydrogens (tertiary/aromatic N) is 2. The zero-order valence-corrected chi connectivity index (χ0v) is 16.1. The fourth-order valence-electron chi connectivity index (χ4n) is 3.05. The minimum Gasteiger partial charge on any atom is -0.493 e. The summed E-state index contributed by atoms with van der Waals surface area (Å²) in [6.07, 6.45) is 1.81. The van der Waals surface area contributed by atoms with Gasteiger partial charge in [-0.2, -0.15) is 0 Å². The van der Waals surface area contributed by atoms with E-state index in [1.54, 1.807) is 35.8 Å². The van der Waals surface area contributed by atoms with Gasteiger partial charge in [-0.05, 0) is 43.3 Å². The molecule has 0 spiro atoms.